The van der Waals surface area contributed by atoms with Gasteiger partial charge >= 0.3 is 0 Å². The summed E-state index contributed by atoms with van der Waals surface area (Å²) in [6.45, 7) is 3.38. The Labute approximate surface area is 184 Å². The zero-order valence-corrected chi connectivity index (χ0v) is 18.6. The molecule has 1 aliphatic heterocycles. The average molecular weight is 469 g/mol. The van der Waals surface area contributed by atoms with Gasteiger partial charge in [-0.25, -0.2) is 0 Å². The zero-order chi connectivity index (χ0) is 21.1. The summed E-state index contributed by atoms with van der Waals surface area (Å²) < 4.78 is 2.65. The maximum absolute atomic E-state index is 12.7. The second-order valence-corrected chi connectivity index (χ2v) is 8.24. The monoisotopic (exact) mass is 468 g/mol. The van der Waals surface area contributed by atoms with Gasteiger partial charge < -0.3 is 19.7 Å². The maximum Gasteiger partial charge on any atom is 0.269 e. The van der Waals surface area contributed by atoms with Crippen LogP contribution in [0.2, 0.25) is 0 Å². The highest BCUT2D eigenvalue weighted by molar-refractivity contribution is 9.10. The molecule has 0 unspecified atom stereocenters. The predicted molar refractivity (Wildman–Crippen MR) is 123 cm³/mol. The van der Waals surface area contributed by atoms with Gasteiger partial charge in [-0.3, -0.25) is 9.59 Å². The molecule has 1 N–H and O–H groups in total. The van der Waals surface area contributed by atoms with Gasteiger partial charge in [0.05, 0.1) is 4.47 Å². The molecule has 3 aromatic rings. The summed E-state index contributed by atoms with van der Waals surface area (Å²) in [6, 6.07) is 18.1. The smallest absolute Gasteiger partial charge is 0.269 e. The number of fused-ring (bicyclic) bond motifs is 1. The first kappa shape index (κ1) is 20.5. The van der Waals surface area contributed by atoms with Crippen molar-refractivity contribution >= 4 is 44.3 Å². The van der Waals surface area contributed by atoms with Gasteiger partial charge in [-0.2, -0.15) is 0 Å². The summed E-state index contributed by atoms with van der Waals surface area (Å²) in [5.74, 6) is -0.0959. The molecule has 1 saturated heterocycles. The fourth-order valence-corrected chi connectivity index (χ4v) is 4.76. The van der Waals surface area contributed by atoms with Crippen LogP contribution in [0.4, 0.5) is 5.69 Å². The number of para-hydroxylation sites is 2. The Morgan fingerprint density at radius 1 is 0.967 bits per heavy atom. The van der Waals surface area contributed by atoms with Crippen LogP contribution in [-0.4, -0.2) is 54.0 Å². The lowest BCUT2D eigenvalue weighted by atomic mass is 10.2. The third-order valence-corrected chi connectivity index (χ3v) is 6.44. The van der Waals surface area contributed by atoms with Crippen molar-refractivity contribution in [1.29, 1.82) is 0 Å². The molecule has 0 spiro atoms. The second-order valence-electron chi connectivity index (χ2n) is 7.45. The fourth-order valence-electron chi connectivity index (χ4n) is 3.98. The summed E-state index contributed by atoms with van der Waals surface area (Å²) in [5, 5.41) is 3.90. The van der Waals surface area contributed by atoms with Crippen molar-refractivity contribution in [2.45, 2.75) is 6.42 Å². The van der Waals surface area contributed by atoms with Crippen molar-refractivity contribution in [3.63, 3.8) is 0 Å². The number of carbonyl (C=O) groups is 2. The summed E-state index contributed by atoms with van der Waals surface area (Å²) in [4.78, 5) is 29.5. The lowest BCUT2D eigenvalue weighted by Gasteiger charge is -2.36. The van der Waals surface area contributed by atoms with Gasteiger partial charge in [-0.05, 0) is 34.1 Å². The van der Waals surface area contributed by atoms with Crippen molar-refractivity contribution in [2.24, 2.45) is 7.05 Å². The Hall–Kier alpha value is -2.80. The third kappa shape index (κ3) is 4.07. The van der Waals surface area contributed by atoms with Gasteiger partial charge in [0.2, 0.25) is 5.91 Å². The van der Waals surface area contributed by atoms with E-state index in [2.05, 4.69) is 38.3 Å². The largest absolute Gasteiger partial charge is 0.368 e. The third-order valence-electron chi connectivity index (χ3n) is 5.64. The van der Waals surface area contributed by atoms with Crippen LogP contribution in [0.5, 0.6) is 0 Å². The van der Waals surface area contributed by atoms with E-state index in [1.54, 1.807) is 0 Å². The SMILES string of the molecule is Cn1c(C(=O)NCCC(=O)N2CCN(c3ccccc3)CC2)c(Br)c2ccccc21. The zero-order valence-electron chi connectivity index (χ0n) is 17.0. The van der Waals surface area contributed by atoms with Crippen molar-refractivity contribution in [3.8, 4) is 0 Å². The van der Waals surface area contributed by atoms with Gasteiger partial charge in [-0.1, -0.05) is 36.4 Å². The van der Waals surface area contributed by atoms with Gasteiger partial charge in [-0.15, -0.1) is 0 Å². The van der Waals surface area contributed by atoms with E-state index in [-0.39, 0.29) is 11.8 Å². The Bertz CT molecular complexity index is 1020. The molecule has 7 heteroatoms. The highest BCUT2D eigenvalue weighted by atomic mass is 79.9. The number of benzene rings is 2. The van der Waals surface area contributed by atoms with Gasteiger partial charge in [0.15, 0.2) is 0 Å². The Morgan fingerprint density at radius 2 is 1.63 bits per heavy atom. The number of nitrogens with one attached hydrogen (secondary N) is 1. The molecule has 1 fully saturated rings. The maximum atomic E-state index is 12.7. The number of piperazine rings is 1. The molecule has 156 valence electrons. The molecule has 2 heterocycles. The van der Waals surface area contributed by atoms with Crippen LogP contribution in [0.3, 0.4) is 0 Å². The second kappa shape index (κ2) is 8.92. The molecule has 4 rings (SSSR count). The number of hydrogen-bond acceptors (Lipinski definition) is 3. The van der Waals surface area contributed by atoms with Crippen molar-refractivity contribution in [1.82, 2.24) is 14.8 Å². The van der Waals surface area contributed by atoms with Crippen LogP contribution in [0.15, 0.2) is 59.1 Å². The van der Waals surface area contributed by atoms with Crippen LogP contribution >= 0.6 is 15.9 Å². The van der Waals surface area contributed by atoms with E-state index in [0.717, 1.165) is 28.5 Å². The lowest BCUT2D eigenvalue weighted by Crippen LogP contribution is -2.49. The molecule has 2 amide bonds. The minimum atomic E-state index is -0.178. The molecule has 6 nitrogen and oxygen atoms in total. The number of rotatable bonds is 5. The molecule has 0 saturated carbocycles. The minimum Gasteiger partial charge on any atom is -0.368 e. The predicted octanol–water partition coefficient (Wildman–Crippen LogP) is 3.41. The Balaban J connectivity index is 1.29. The first-order chi connectivity index (χ1) is 14.6. The quantitative estimate of drug-likeness (QED) is 0.623. The van der Waals surface area contributed by atoms with Crippen molar-refractivity contribution in [3.05, 3.63) is 64.8 Å². The number of nitrogens with zero attached hydrogens (tertiary/aromatic N) is 3. The molecular formula is C23H25BrN4O2. The topological polar surface area (TPSA) is 57.6 Å². The number of anilines is 1. The molecule has 0 bridgehead atoms. The van der Waals surface area contributed by atoms with Crippen LogP contribution in [-0.2, 0) is 11.8 Å². The molecule has 0 aliphatic carbocycles. The first-order valence-corrected chi connectivity index (χ1v) is 10.9. The highest BCUT2D eigenvalue weighted by Gasteiger charge is 2.22. The normalized spacial score (nSPS) is 14.2. The number of halogens is 1. The summed E-state index contributed by atoms with van der Waals surface area (Å²) in [7, 11) is 1.87. The van der Waals surface area contributed by atoms with E-state index < -0.39 is 0 Å². The number of aryl methyl sites for hydroxylation is 1. The number of aromatic nitrogens is 1. The van der Waals surface area contributed by atoms with Crippen LogP contribution < -0.4 is 10.2 Å². The molecular weight excluding hydrogens is 444 g/mol. The van der Waals surface area contributed by atoms with E-state index in [0.29, 0.717) is 31.7 Å². The van der Waals surface area contributed by atoms with E-state index in [4.69, 9.17) is 0 Å². The van der Waals surface area contributed by atoms with Crippen LogP contribution in [0, 0.1) is 0 Å². The number of hydrogen-bond donors (Lipinski definition) is 1. The highest BCUT2D eigenvalue weighted by Crippen LogP contribution is 2.30. The van der Waals surface area contributed by atoms with Gasteiger partial charge in [0, 0.05) is 62.8 Å². The molecule has 30 heavy (non-hydrogen) atoms. The van der Waals surface area contributed by atoms with Crippen LogP contribution in [0.25, 0.3) is 10.9 Å². The van der Waals surface area contributed by atoms with Crippen molar-refractivity contribution < 1.29 is 9.59 Å². The number of carbonyl (C=O) groups excluding carboxylic acids is 2. The molecule has 1 aromatic heterocycles. The van der Waals surface area contributed by atoms with Crippen LogP contribution in [0.1, 0.15) is 16.9 Å². The van der Waals surface area contributed by atoms with E-state index in [1.165, 1.54) is 5.69 Å². The fraction of sp³-hybridized carbons (Fsp3) is 0.304. The van der Waals surface area contributed by atoms with Gasteiger partial charge in [0.25, 0.3) is 5.91 Å². The Kier molecular flexibility index (Phi) is 6.08. The molecule has 1 aliphatic rings. The van der Waals surface area contributed by atoms with Gasteiger partial charge in [0.1, 0.15) is 5.69 Å². The average Bonchev–Trinajstić information content (AvgIpc) is 3.04. The summed E-state index contributed by atoms with van der Waals surface area (Å²) in [5.41, 5.74) is 2.75. The summed E-state index contributed by atoms with van der Waals surface area (Å²) in [6.07, 6.45) is 0.304. The van der Waals surface area contributed by atoms with Crippen molar-refractivity contribution in [2.75, 3.05) is 37.6 Å². The minimum absolute atomic E-state index is 0.0825. The van der Waals surface area contributed by atoms with E-state index >= 15 is 0 Å². The standard InChI is InChI=1S/C23H25BrN4O2/c1-26-19-10-6-5-9-18(19)21(24)22(26)23(30)25-12-11-20(29)28-15-13-27(14-16-28)17-7-3-2-4-8-17/h2-10H,11-16H2,1H3,(H,25,30). The van der Waals surface area contributed by atoms with E-state index in [9.17, 15) is 9.59 Å². The first-order valence-electron chi connectivity index (χ1n) is 10.1. The summed E-state index contributed by atoms with van der Waals surface area (Å²) >= 11 is 3.55. The van der Waals surface area contributed by atoms with E-state index in [1.807, 2.05) is 59.0 Å². The molecule has 0 atom stereocenters. The molecule has 2 aromatic carbocycles. The Morgan fingerprint density at radius 3 is 2.33 bits per heavy atom. The lowest BCUT2D eigenvalue weighted by molar-refractivity contribution is -0.131. The molecule has 0 radical (unpaired) electrons. The number of amides is 2.